The molecule has 8 nitrogen and oxygen atoms in total. The molecule has 0 saturated carbocycles. The number of nitrogens with one attached hydrogen (secondary N) is 1. The number of unbranched alkanes of at least 4 members (excludes halogenated alkanes) is 1. The minimum absolute atomic E-state index is 0.140. The van der Waals surface area contributed by atoms with Crippen LogP contribution < -0.4 is 5.32 Å². The molecule has 32 heavy (non-hydrogen) atoms. The normalized spacial score (nSPS) is 15.3. The Bertz CT molecular complexity index is 905. The minimum Gasteiger partial charge on any atom is -0.449 e. The number of anilines is 1. The first-order valence-corrected chi connectivity index (χ1v) is 12.7. The molecule has 10 heteroatoms. The Morgan fingerprint density at radius 1 is 1.19 bits per heavy atom. The molecule has 1 aliphatic rings. The summed E-state index contributed by atoms with van der Waals surface area (Å²) < 4.78 is 47.3. The Kier molecular flexibility index (Phi) is 8.89. The molecule has 1 saturated heterocycles. The van der Waals surface area contributed by atoms with Crippen LogP contribution in [0.3, 0.4) is 0 Å². The lowest BCUT2D eigenvalue weighted by atomic mass is 9.92. The van der Waals surface area contributed by atoms with Crippen LogP contribution in [0.5, 0.6) is 0 Å². The fourth-order valence-electron chi connectivity index (χ4n) is 3.40. The molecular formula is C22H33FN2O6S. The number of halogens is 1. The average Bonchev–Trinajstić information content (AvgIpc) is 2.67. The number of piperidine rings is 1. The van der Waals surface area contributed by atoms with E-state index in [4.69, 9.17) is 9.47 Å². The number of likely N-dealkylation sites (tertiary alicyclic amines) is 1. The van der Waals surface area contributed by atoms with Crippen molar-refractivity contribution in [3.8, 4) is 0 Å². The third-order valence-corrected chi connectivity index (χ3v) is 6.22. The quantitative estimate of drug-likeness (QED) is 0.582. The first-order valence-electron chi connectivity index (χ1n) is 10.8. The van der Waals surface area contributed by atoms with E-state index in [1.54, 1.807) is 4.90 Å². The summed E-state index contributed by atoms with van der Waals surface area (Å²) in [5.41, 5.74) is -0.634. The summed E-state index contributed by atoms with van der Waals surface area (Å²) in [6.45, 7) is 7.12. The molecule has 1 heterocycles. The van der Waals surface area contributed by atoms with Crippen molar-refractivity contribution < 1.29 is 31.9 Å². The number of benzene rings is 1. The summed E-state index contributed by atoms with van der Waals surface area (Å²) in [5, 5.41) is 2.28. The number of hydrogen-bond donors (Lipinski definition) is 1. The van der Waals surface area contributed by atoms with Gasteiger partial charge in [-0.25, -0.2) is 22.4 Å². The molecule has 1 aliphatic heterocycles. The van der Waals surface area contributed by atoms with Gasteiger partial charge in [0.2, 0.25) is 0 Å². The van der Waals surface area contributed by atoms with Gasteiger partial charge in [0, 0.05) is 19.3 Å². The van der Waals surface area contributed by atoms with Crippen LogP contribution >= 0.6 is 0 Å². The molecule has 0 aromatic heterocycles. The Labute approximate surface area is 189 Å². The Hall–Kier alpha value is -2.36. The van der Waals surface area contributed by atoms with E-state index < -0.39 is 27.3 Å². The second-order valence-corrected chi connectivity index (χ2v) is 11.1. The van der Waals surface area contributed by atoms with Crippen LogP contribution in [0.1, 0.15) is 52.9 Å². The van der Waals surface area contributed by atoms with Crippen LogP contribution in [-0.2, 0) is 19.3 Å². The van der Waals surface area contributed by atoms with E-state index in [1.165, 1.54) is 12.1 Å². The number of sulfone groups is 1. The maximum absolute atomic E-state index is 14.0. The highest BCUT2D eigenvalue weighted by atomic mass is 32.2. The molecule has 0 atom stereocenters. The Morgan fingerprint density at radius 2 is 1.84 bits per heavy atom. The maximum Gasteiger partial charge on any atom is 0.411 e. The second kappa shape index (κ2) is 11.0. The number of hydrogen-bond acceptors (Lipinski definition) is 6. The van der Waals surface area contributed by atoms with Crippen molar-refractivity contribution in [3.63, 3.8) is 0 Å². The van der Waals surface area contributed by atoms with Gasteiger partial charge in [0.1, 0.15) is 11.4 Å². The zero-order chi connectivity index (χ0) is 23.9. The molecular weight excluding hydrogens is 439 g/mol. The molecule has 0 aliphatic carbocycles. The zero-order valence-electron chi connectivity index (χ0n) is 19.1. The van der Waals surface area contributed by atoms with E-state index >= 15 is 0 Å². The summed E-state index contributed by atoms with van der Waals surface area (Å²) in [6, 6.07) is 3.28. The van der Waals surface area contributed by atoms with Gasteiger partial charge in [-0.05, 0) is 70.6 Å². The molecule has 1 aromatic carbocycles. The number of nitrogens with zero attached hydrogens (tertiary/aromatic N) is 1. The first-order chi connectivity index (χ1) is 14.8. The zero-order valence-corrected chi connectivity index (χ0v) is 20.0. The standard InChI is InChI=1S/C22H33FN2O6S/c1-22(2,3)31-21(27)25-12-10-16(11-13-25)7-5-6-14-30-20(26)24-19-9-8-17(15-18(19)23)32(4,28)29/h8-9,15-16H,5-7,10-14H2,1-4H3,(H,24,26). The number of rotatable bonds is 7. The predicted octanol–water partition coefficient (Wildman–Crippen LogP) is 4.60. The number of ether oxygens (including phenoxy) is 2. The SMILES string of the molecule is CC(C)(C)OC(=O)N1CCC(CCCCOC(=O)Nc2ccc(S(C)(=O)=O)cc2F)CC1. The molecule has 0 spiro atoms. The van der Waals surface area contributed by atoms with Gasteiger partial charge in [0.15, 0.2) is 9.84 Å². The molecule has 1 aromatic rings. The van der Waals surface area contributed by atoms with E-state index in [9.17, 15) is 22.4 Å². The predicted molar refractivity (Wildman–Crippen MR) is 119 cm³/mol. The molecule has 2 rings (SSSR count). The van der Waals surface area contributed by atoms with Crippen LogP contribution in [0.4, 0.5) is 19.7 Å². The van der Waals surface area contributed by atoms with Gasteiger partial charge in [-0.3, -0.25) is 5.32 Å². The van der Waals surface area contributed by atoms with E-state index in [2.05, 4.69) is 5.32 Å². The highest BCUT2D eigenvalue weighted by Gasteiger charge is 2.26. The van der Waals surface area contributed by atoms with E-state index in [0.29, 0.717) is 25.4 Å². The lowest BCUT2D eigenvalue weighted by molar-refractivity contribution is 0.0180. The largest absolute Gasteiger partial charge is 0.449 e. The summed E-state index contributed by atoms with van der Waals surface area (Å²) in [5.74, 6) is -0.326. The number of amides is 2. The fraction of sp³-hybridized carbons (Fsp3) is 0.636. The van der Waals surface area contributed by atoms with Gasteiger partial charge in [-0.1, -0.05) is 6.42 Å². The van der Waals surface area contributed by atoms with E-state index in [1.807, 2.05) is 20.8 Å². The Balaban J connectivity index is 1.62. The van der Waals surface area contributed by atoms with Crippen LogP contribution in [0, 0.1) is 11.7 Å². The summed E-state index contributed by atoms with van der Waals surface area (Å²) in [7, 11) is -3.52. The highest BCUT2D eigenvalue weighted by molar-refractivity contribution is 7.90. The summed E-state index contributed by atoms with van der Waals surface area (Å²) in [6.07, 6.45) is 4.30. The van der Waals surface area contributed by atoms with Gasteiger partial charge < -0.3 is 14.4 Å². The third kappa shape index (κ3) is 8.64. The average molecular weight is 473 g/mol. The van der Waals surface area contributed by atoms with Crippen molar-refractivity contribution in [2.24, 2.45) is 5.92 Å². The molecule has 0 bridgehead atoms. The topological polar surface area (TPSA) is 102 Å². The molecule has 0 unspecified atom stereocenters. The van der Waals surface area contributed by atoms with Gasteiger partial charge >= 0.3 is 12.2 Å². The number of carbonyl (C=O) groups excluding carboxylic acids is 2. The minimum atomic E-state index is -3.52. The smallest absolute Gasteiger partial charge is 0.411 e. The fourth-order valence-corrected chi connectivity index (χ4v) is 4.04. The van der Waals surface area contributed by atoms with Crippen LogP contribution in [0.15, 0.2) is 23.1 Å². The second-order valence-electron chi connectivity index (χ2n) is 9.08. The van der Waals surface area contributed by atoms with Crippen LogP contribution in [0.25, 0.3) is 0 Å². The molecule has 1 N–H and O–H groups in total. The first kappa shape index (κ1) is 25.9. The lowest BCUT2D eigenvalue weighted by Crippen LogP contribution is -2.41. The van der Waals surface area contributed by atoms with Gasteiger partial charge in [-0.2, -0.15) is 0 Å². The third-order valence-electron chi connectivity index (χ3n) is 5.11. The molecule has 0 radical (unpaired) electrons. The van der Waals surface area contributed by atoms with Gasteiger partial charge in [0.25, 0.3) is 0 Å². The van der Waals surface area contributed by atoms with Crippen molar-refractivity contribution in [2.75, 3.05) is 31.3 Å². The summed E-state index contributed by atoms with van der Waals surface area (Å²) >= 11 is 0. The van der Waals surface area contributed by atoms with Crippen molar-refractivity contribution in [1.82, 2.24) is 4.90 Å². The van der Waals surface area contributed by atoms with Gasteiger partial charge in [0.05, 0.1) is 17.2 Å². The monoisotopic (exact) mass is 472 g/mol. The van der Waals surface area contributed by atoms with E-state index in [-0.39, 0.29) is 23.3 Å². The van der Waals surface area contributed by atoms with Gasteiger partial charge in [-0.15, -0.1) is 0 Å². The highest BCUT2D eigenvalue weighted by Crippen LogP contribution is 2.24. The van der Waals surface area contributed by atoms with Crippen LogP contribution in [-0.4, -0.2) is 57.1 Å². The van der Waals surface area contributed by atoms with Crippen molar-refractivity contribution in [2.45, 2.75) is 63.4 Å². The summed E-state index contributed by atoms with van der Waals surface area (Å²) in [4.78, 5) is 25.5. The maximum atomic E-state index is 14.0. The van der Waals surface area contributed by atoms with Crippen LogP contribution in [0.2, 0.25) is 0 Å². The van der Waals surface area contributed by atoms with Crippen molar-refractivity contribution in [1.29, 1.82) is 0 Å². The van der Waals surface area contributed by atoms with Crippen molar-refractivity contribution in [3.05, 3.63) is 24.0 Å². The Morgan fingerprint density at radius 3 is 2.41 bits per heavy atom. The molecule has 1 fully saturated rings. The molecule has 180 valence electrons. The van der Waals surface area contributed by atoms with E-state index in [0.717, 1.165) is 38.0 Å². The molecule has 2 amide bonds. The number of carbonyl (C=O) groups is 2. The lowest BCUT2D eigenvalue weighted by Gasteiger charge is -2.33. The van der Waals surface area contributed by atoms with Crippen molar-refractivity contribution >= 4 is 27.7 Å².